The van der Waals surface area contributed by atoms with Gasteiger partial charge < -0.3 is 4.74 Å². The fourth-order valence-electron chi connectivity index (χ4n) is 1.42. The zero-order valence-corrected chi connectivity index (χ0v) is 6.47. The highest BCUT2D eigenvalue weighted by molar-refractivity contribution is 5.12. The summed E-state index contributed by atoms with van der Waals surface area (Å²) in [5.41, 5.74) is -0.346. The molecule has 2 aliphatic rings. The lowest BCUT2D eigenvalue weighted by molar-refractivity contribution is 0.179. The summed E-state index contributed by atoms with van der Waals surface area (Å²) in [6, 6.07) is 2.91. The van der Waals surface area contributed by atoms with Crippen LogP contribution in [0.5, 0.6) is 0 Å². The van der Waals surface area contributed by atoms with E-state index in [4.69, 9.17) is 10.00 Å². The van der Waals surface area contributed by atoms with E-state index in [1.807, 2.05) is 0 Å². The zero-order valence-electron chi connectivity index (χ0n) is 6.47. The summed E-state index contributed by atoms with van der Waals surface area (Å²) in [5.74, 6) is 0. The van der Waals surface area contributed by atoms with E-state index in [1.165, 1.54) is 12.8 Å². The molecule has 2 fully saturated rings. The van der Waals surface area contributed by atoms with E-state index in [2.05, 4.69) is 11.4 Å². The lowest BCUT2D eigenvalue weighted by Gasteiger charge is -2.19. The van der Waals surface area contributed by atoms with Crippen LogP contribution in [0.15, 0.2) is 0 Å². The quantitative estimate of drug-likeness (QED) is 0.623. The maximum absolute atomic E-state index is 8.90. The molecule has 1 saturated heterocycles. The number of nitrogens with one attached hydrogen (secondary N) is 1. The average molecular weight is 152 g/mol. The maximum atomic E-state index is 8.90. The van der Waals surface area contributed by atoms with Gasteiger partial charge in [0.05, 0.1) is 12.7 Å². The second kappa shape index (κ2) is 2.47. The molecular formula is C8H12N2O. The Morgan fingerprint density at radius 3 is 2.82 bits per heavy atom. The second-order valence-electron chi connectivity index (χ2n) is 3.42. The standard InChI is InChI=1S/C8H12N2O/c9-5-8(3-4-11-6-8)10-7-1-2-7/h7,10H,1-4,6H2. The summed E-state index contributed by atoms with van der Waals surface area (Å²) < 4.78 is 5.20. The van der Waals surface area contributed by atoms with Crippen molar-refractivity contribution >= 4 is 0 Å². The summed E-state index contributed by atoms with van der Waals surface area (Å²) in [6.45, 7) is 1.30. The maximum Gasteiger partial charge on any atom is 0.132 e. The van der Waals surface area contributed by atoms with Crippen LogP contribution in [0, 0.1) is 11.3 Å². The van der Waals surface area contributed by atoms with Gasteiger partial charge in [-0.2, -0.15) is 5.26 Å². The average Bonchev–Trinajstić information content (AvgIpc) is 2.68. The van der Waals surface area contributed by atoms with E-state index in [1.54, 1.807) is 0 Å². The van der Waals surface area contributed by atoms with Gasteiger partial charge in [0.25, 0.3) is 0 Å². The molecule has 1 unspecified atom stereocenters. The van der Waals surface area contributed by atoms with Gasteiger partial charge in [-0.1, -0.05) is 0 Å². The minimum absolute atomic E-state index is 0.346. The predicted octanol–water partition coefficient (Wildman–Crippen LogP) is 0.421. The van der Waals surface area contributed by atoms with Crippen molar-refractivity contribution in [1.29, 1.82) is 5.26 Å². The van der Waals surface area contributed by atoms with Crippen LogP contribution in [-0.2, 0) is 4.74 Å². The van der Waals surface area contributed by atoms with Gasteiger partial charge in [0.1, 0.15) is 5.54 Å². The minimum atomic E-state index is -0.346. The van der Waals surface area contributed by atoms with Crippen LogP contribution in [0.25, 0.3) is 0 Å². The highest BCUT2D eigenvalue weighted by Crippen LogP contribution is 2.26. The molecule has 11 heavy (non-hydrogen) atoms. The Labute approximate surface area is 66.3 Å². The SMILES string of the molecule is N#CC1(NC2CC2)CCOC1. The van der Waals surface area contributed by atoms with Crippen LogP contribution < -0.4 is 5.32 Å². The molecular weight excluding hydrogens is 140 g/mol. The highest BCUT2D eigenvalue weighted by Gasteiger charge is 2.39. The first-order valence-electron chi connectivity index (χ1n) is 4.11. The first-order valence-corrected chi connectivity index (χ1v) is 4.11. The van der Waals surface area contributed by atoms with Crippen molar-refractivity contribution in [3.05, 3.63) is 0 Å². The van der Waals surface area contributed by atoms with Gasteiger partial charge in [-0.3, -0.25) is 5.32 Å². The first-order chi connectivity index (χ1) is 5.35. The van der Waals surface area contributed by atoms with Crippen LogP contribution in [0.1, 0.15) is 19.3 Å². The Morgan fingerprint density at radius 1 is 1.55 bits per heavy atom. The Kier molecular flexibility index (Phi) is 1.59. The third kappa shape index (κ3) is 1.37. The molecule has 0 radical (unpaired) electrons. The van der Waals surface area contributed by atoms with E-state index in [9.17, 15) is 0 Å². The molecule has 0 amide bonds. The van der Waals surface area contributed by atoms with Crippen molar-refractivity contribution in [3.8, 4) is 6.07 Å². The molecule has 1 aliphatic carbocycles. The molecule has 1 aliphatic heterocycles. The minimum Gasteiger partial charge on any atom is -0.378 e. The molecule has 60 valence electrons. The molecule has 0 bridgehead atoms. The normalized spacial score (nSPS) is 37.0. The number of nitrogens with zero attached hydrogens (tertiary/aromatic N) is 1. The monoisotopic (exact) mass is 152 g/mol. The predicted molar refractivity (Wildman–Crippen MR) is 39.9 cm³/mol. The Hall–Kier alpha value is -0.590. The van der Waals surface area contributed by atoms with Crippen molar-refractivity contribution in [1.82, 2.24) is 5.32 Å². The molecule has 1 saturated carbocycles. The van der Waals surface area contributed by atoms with Gasteiger partial charge in [0.2, 0.25) is 0 Å². The van der Waals surface area contributed by atoms with Crippen LogP contribution in [-0.4, -0.2) is 24.8 Å². The van der Waals surface area contributed by atoms with Gasteiger partial charge in [-0.05, 0) is 12.8 Å². The number of hydrogen-bond donors (Lipinski definition) is 1. The summed E-state index contributed by atoms with van der Waals surface area (Å²) in [6.07, 6.45) is 3.30. The number of ether oxygens (including phenoxy) is 1. The van der Waals surface area contributed by atoms with E-state index in [0.29, 0.717) is 12.6 Å². The Morgan fingerprint density at radius 2 is 2.36 bits per heavy atom. The summed E-state index contributed by atoms with van der Waals surface area (Å²) in [7, 11) is 0. The van der Waals surface area contributed by atoms with Gasteiger partial charge in [-0.25, -0.2) is 0 Å². The van der Waals surface area contributed by atoms with Crippen LogP contribution in [0.2, 0.25) is 0 Å². The lowest BCUT2D eigenvalue weighted by Crippen LogP contribution is -2.45. The molecule has 3 nitrogen and oxygen atoms in total. The Bertz CT molecular complexity index is 187. The molecule has 3 heteroatoms. The molecule has 1 atom stereocenters. The highest BCUT2D eigenvalue weighted by atomic mass is 16.5. The van der Waals surface area contributed by atoms with Crippen molar-refractivity contribution in [2.24, 2.45) is 0 Å². The second-order valence-corrected chi connectivity index (χ2v) is 3.42. The molecule has 2 rings (SSSR count). The van der Waals surface area contributed by atoms with Gasteiger partial charge in [-0.15, -0.1) is 0 Å². The largest absolute Gasteiger partial charge is 0.378 e. The topological polar surface area (TPSA) is 45.0 Å². The first kappa shape index (κ1) is 7.08. The summed E-state index contributed by atoms with van der Waals surface area (Å²) >= 11 is 0. The molecule has 0 aromatic rings. The zero-order chi connectivity index (χ0) is 7.73. The number of nitriles is 1. The lowest BCUT2D eigenvalue weighted by atomic mass is 10.0. The third-order valence-corrected chi connectivity index (χ3v) is 2.29. The van der Waals surface area contributed by atoms with E-state index >= 15 is 0 Å². The molecule has 0 spiro atoms. The van der Waals surface area contributed by atoms with Crippen molar-refractivity contribution in [2.45, 2.75) is 30.8 Å². The fourth-order valence-corrected chi connectivity index (χ4v) is 1.42. The van der Waals surface area contributed by atoms with Crippen LogP contribution in [0.4, 0.5) is 0 Å². The third-order valence-electron chi connectivity index (χ3n) is 2.29. The van der Waals surface area contributed by atoms with E-state index in [0.717, 1.165) is 13.0 Å². The molecule has 1 heterocycles. The van der Waals surface area contributed by atoms with E-state index < -0.39 is 0 Å². The van der Waals surface area contributed by atoms with E-state index in [-0.39, 0.29) is 5.54 Å². The fraction of sp³-hybridized carbons (Fsp3) is 0.875. The number of hydrogen-bond acceptors (Lipinski definition) is 3. The summed E-state index contributed by atoms with van der Waals surface area (Å²) in [4.78, 5) is 0. The number of rotatable bonds is 2. The van der Waals surface area contributed by atoms with Crippen LogP contribution >= 0.6 is 0 Å². The Balaban J connectivity index is 1.97. The van der Waals surface area contributed by atoms with Gasteiger partial charge in [0.15, 0.2) is 0 Å². The summed E-state index contributed by atoms with van der Waals surface area (Å²) in [5, 5.41) is 12.2. The van der Waals surface area contributed by atoms with Gasteiger partial charge in [0, 0.05) is 19.1 Å². The molecule has 0 aromatic heterocycles. The van der Waals surface area contributed by atoms with Gasteiger partial charge >= 0.3 is 0 Å². The molecule has 0 aromatic carbocycles. The smallest absolute Gasteiger partial charge is 0.132 e. The van der Waals surface area contributed by atoms with Crippen molar-refractivity contribution < 1.29 is 4.74 Å². The van der Waals surface area contributed by atoms with Crippen molar-refractivity contribution in [3.63, 3.8) is 0 Å². The van der Waals surface area contributed by atoms with Crippen LogP contribution in [0.3, 0.4) is 0 Å². The van der Waals surface area contributed by atoms with Crippen molar-refractivity contribution in [2.75, 3.05) is 13.2 Å². The molecule has 1 N–H and O–H groups in total.